The summed E-state index contributed by atoms with van der Waals surface area (Å²) in [5, 5.41) is 0.525. The summed E-state index contributed by atoms with van der Waals surface area (Å²) in [5.41, 5.74) is 1.75. The van der Waals surface area contributed by atoms with Gasteiger partial charge in [0.05, 0.1) is 5.02 Å². The molecular weight excluding hydrogens is 312 g/mol. The van der Waals surface area contributed by atoms with Crippen LogP contribution in [0.2, 0.25) is 5.02 Å². The molecule has 2 aromatic carbocycles. The summed E-state index contributed by atoms with van der Waals surface area (Å²) >= 11 is 9.42. The van der Waals surface area contributed by atoms with Gasteiger partial charge in [-0.2, -0.15) is 0 Å². The maximum Gasteiger partial charge on any atom is 0.164 e. The molecule has 0 bridgehead atoms. The van der Waals surface area contributed by atoms with Crippen LogP contribution in [0.25, 0.3) is 0 Å². The SMILES string of the molecule is O=C(CCc1cccc(Br)c1)c1ccccc1Cl. The third-order valence-electron chi connectivity index (χ3n) is 2.70. The van der Waals surface area contributed by atoms with E-state index in [1.807, 2.05) is 36.4 Å². The molecule has 0 amide bonds. The smallest absolute Gasteiger partial charge is 0.164 e. The molecule has 0 aliphatic carbocycles. The molecule has 92 valence electrons. The Balaban J connectivity index is 2.03. The number of aryl methyl sites for hydroxylation is 1. The van der Waals surface area contributed by atoms with Gasteiger partial charge in [0, 0.05) is 16.5 Å². The van der Waals surface area contributed by atoms with Gasteiger partial charge in [-0.25, -0.2) is 0 Å². The quantitative estimate of drug-likeness (QED) is 0.730. The normalized spacial score (nSPS) is 10.3. The Morgan fingerprint density at radius 3 is 2.61 bits per heavy atom. The number of hydrogen-bond donors (Lipinski definition) is 0. The van der Waals surface area contributed by atoms with Crippen LogP contribution in [-0.4, -0.2) is 5.78 Å². The lowest BCUT2D eigenvalue weighted by atomic mass is 10.0. The fraction of sp³-hybridized carbons (Fsp3) is 0.133. The fourth-order valence-corrected chi connectivity index (χ4v) is 2.46. The number of Topliss-reactive ketones (excluding diaryl/α,β-unsaturated/α-hetero) is 1. The third kappa shape index (κ3) is 3.44. The molecule has 2 rings (SSSR count). The van der Waals surface area contributed by atoms with Gasteiger partial charge < -0.3 is 0 Å². The number of benzene rings is 2. The van der Waals surface area contributed by atoms with Gasteiger partial charge in [0.1, 0.15) is 0 Å². The second-order valence-electron chi connectivity index (χ2n) is 4.03. The minimum absolute atomic E-state index is 0.0839. The zero-order valence-electron chi connectivity index (χ0n) is 9.70. The Labute approximate surface area is 120 Å². The summed E-state index contributed by atoms with van der Waals surface area (Å²) in [6, 6.07) is 15.2. The van der Waals surface area contributed by atoms with Gasteiger partial charge in [-0.05, 0) is 36.2 Å². The molecule has 0 unspecified atom stereocenters. The van der Waals surface area contributed by atoms with Crippen LogP contribution in [0.5, 0.6) is 0 Å². The highest BCUT2D eigenvalue weighted by Gasteiger charge is 2.09. The first-order chi connectivity index (χ1) is 8.66. The van der Waals surface area contributed by atoms with Crippen LogP contribution in [0.15, 0.2) is 53.0 Å². The maximum absolute atomic E-state index is 12.0. The highest BCUT2D eigenvalue weighted by Crippen LogP contribution is 2.18. The van der Waals surface area contributed by atoms with E-state index in [0.717, 1.165) is 16.5 Å². The van der Waals surface area contributed by atoms with Gasteiger partial charge in [0.25, 0.3) is 0 Å². The molecule has 0 aromatic heterocycles. The third-order valence-corrected chi connectivity index (χ3v) is 3.53. The number of carbonyl (C=O) groups excluding carboxylic acids is 1. The summed E-state index contributed by atoms with van der Waals surface area (Å²) in [6.45, 7) is 0. The average Bonchev–Trinajstić information content (AvgIpc) is 2.37. The van der Waals surface area contributed by atoms with Crippen molar-refractivity contribution in [2.75, 3.05) is 0 Å². The second-order valence-corrected chi connectivity index (χ2v) is 5.36. The Bertz CT molecular complexity index is 566. The van der Waals surface area contributed by atoms with Crippen LogP contribution in [0.4, 0.5) is 0 Å². The number of rotatable bonds is 4. The Hall–Kier alpha value is -1.12. The Kier molecular flexibility index (Phi) is 4.56. The molecule has 18 heavy (non-hydrogen) atoms. The largest absolute Gasteiger partial charge is 0.294 e. The number of halogens is 2. The maximum atomic E-state index is 12.0. The van der Waals surface area contributed by atoms with Crippen LogP contribution >= 0.6 is 27.5 Å². The summed E-state index contributed by atoms with van der Waals surface area (Å²) in [7, 11) is 0. The summed E-state index contributed by atoms with van der Waals surface area (Å²) in [6.07, 6.45) is 1.20. The molecule has 0 atom stereocenters. The Morgan fingerprint density at radius 2 is 1.89 bits per heavy atom. The summed E-state index contributed by atoms with van der Waals surface area (Å²) in [4.78, 5) is 12.0. The van der Waals surface area contributed by atoms with E-state index in [-0.39, 0.29) is 5.78 Å². The number of hydrogen-bond acceptors (Lipinski definition) is 1. The molecule has 1 nitrogen and oxygen atoms in total. The predicted molar refractivity (Wildman–Crippen MR) is 78.2 cm³/mol. The highest BCUT2D eigenvalue weighted by atomic mass is 79.9. The van der Waals surface area contributed by atoms with Crippen LogP contribution in [0, 0.1) is 0 Å². The monoisotopic (exact) mass is 322 g/mol. The van der Waals surface area contributed by atoms with Gasteiger partial charge in [0.15, 0.2) is 5.78 Å². The Morgan fingerprint density at radius 1 is 1.11 bits per heavy atom. The van der Waals surface area contributed by atoms with E-state index in [2.05, 4.69) is 15.9 Å². The molecule has 0 heterocycles. The van der Waals surface area contributed by atoms with Crippen LogP contribution in [-0.2, 0) is 6.42 Å². The minimum Gasteiger partial charge on any atom is -0.294 e. The average molecular weight is 324 g/mol. The lowest BCUT2D eigenvalue weighted by Gasteiger charge is -2.04. The molecule has 0 N–H and O–H groups in total. The van der Waals surface area contributed by atoms with Crippen molar-refractivity contribution in [3.8, 4) is 0 Å². The minimum atomic E-state index is 0.0839. The molecule has 0 radical (unpaired) electrons. The van der Waals surface area contributed by atoms with Gasteiger partial charge in [-0.3, -0.25) is 4.79 Å². The lowest BCUT2D eigenvalue weighted by molar-refractivity contribution is 0.0983. The molecule has 0 saturated heterocycles. The predicted octanol–water partition coefficient (Wildman–Crippen LogP) is 4.92. The van der Waals surface area contributed by atoms with Crippen LogP contribution < -0.4 is 0 Å². The molecule has 3 heteroatoms. The molecule has 2 aromatic rings. The first-order valence-electron chi connectivity index (χ1n) is 5.69. The molecule has 0 fully saturated rings. The zero-order valence-corrected chi connectivity index (χ0v) is 12.0. The van der Waals surface area contributed by atoms with Gasteiger partial charge in [-0.15, -0.1) is 0 Å². The van der Waals surface area contributed by atoms with Crippen molar-refractivity contribution in [3.05, 3.63) is 69.2 Å². The van der Waals surface area contributed by atoms with Crippen molar-refractivity contribution < 1.29 is 4.79 Å². The zero-order chi connectivity index (χ0) is 13.0. The number of ketones is 1. The van der Waals surface area contributed by atoms with Crippen molar-refractivity contribution in [2.24, 2.45) is 0 Å². The summed E-state index contributed by atoms with van der Waals surface area (Å²) < 4.78 is 1.03. The van der Waals surface area contributed by atoms with Gasteiger partial charge >= 0.3 is 0 Å². The first kappa shape index (κ1) is 13.3. The van der Waals surface area contributed by atoms with E-state index < -0.39 is 0 Å². The van der Waals surface area contributed by atoms with Crippen molar-refractivity contribution in [1.82, 2.24) is 0 Å². The van der Waals surface area contributed by atoms with Gasteiger partial charge in [0.2, 0.25) is 0 Å². The standard InChI is InChI=1S/C15H12BrClO/c16-12-5-3-4-11(10-12)8-9-15(18)13-6-1-2-7-14(13)17/h1-7,10H,8-9H2. The van der Waals surface area contributed by atoms with E-state index in [9.17, 15) is 4.79 Å². The van der Waals surface area contributed by atoms with Crippen molar-refractivity contribution in [2.45, 2.75) is 12.8 Å². The molecule has 0 saturated carbocycles. The number of carbonyl (C=O) groups is 1. The van der Waals surface area contributed by atoms with Crippen LogP contribution in [0.1, 0.15) is 22.3 Å². The molecule has 0 aliphatic rings. The van der Waals surface area contributed by atoms with E-state index in [0.29, 0.717) is 17.0 Å². The molecular formula is C15H12BrClO. The van der Waals surface area contributed by atoms with E-state index in [1.165, 1.54) is 0 Å². The first-order valence-corrected chi connectivity index (χ1v) is 6.86. The van der Waals surface area contributed by atoms with E-state index in [4.69, 9.17) is 11.6 Å². The second kappa shape index (κ2) is 6.17. The fourth-order valence-electron chi connectivity index (χ4n) is 1.77. The van der Waals surface area contributed by atoms with Gasteiger partial charge in [-0.1, -0.05) is 51.8 Å². The lowest BCUT2D eigenvalue weighted by Crippen LogP contribution is -2.01. The van der Waals surface area contributed by atoms with E-state index in [1.54, 1.807) is 12.1 Å². The highest BCUT2D eigenvalue weighted by molar-refractivity contribution is 9.10. The van der Waals surface area contributed by atoms with Crippen LogP contribution in [0.3, 0.4) is 0 Å². The van der Waals surface area contributed by atoms with Crippen molar-refractivity contribution in [3.63, 3.8) is 0 Å². The summed E-state index contributed by atoms with van der Waals surface area (Å²) in [5.74, 6) is 0.0839. The van der Waals surface area contributed by atoms with Crippen molar-refractivity contribution in [1.29, 1.82) is 0 Å². The van der Waals surface area contributed by atoms with E-state index >= 15 is 0 Å². The molecule has 0 spiro atoms. The topological polar surface area (TPSA) is 17.1 Å². The molecule has 0 aliphatic heterocycles. The van der Waals surface area contributed by atoms with Crippen molar-refractivity contribution >= 4 is 33.3 Å².